The predicted octanol–water partition coefficient (Wildman–Crippen LogP) is 1.34. The molecular formula is C12H20N4. The van der Waals surface area contributed by atoms with Crippen molar-refractivity contribution in [2.75, 3.05) is 6.54 Å². The highest BCUT2D eigenvalue weighted by Gasteiger charge is 2.40. The highest BCUT2D eigenvalue weighted by molar-refractivity contribution is 4.93. The summed E-state index contributed by atoms with van der Waals surface area (Å²) in [4.78, 5) is 4.22. The molecule has 0 amide bonds. The predicted molar refractivity (Wildman–Crippen MR) is 61.6 cm³/mol. The second-order valence-corrected chi connectivity index (χ2v) is 5.27. The molecule has 0 unspecified atom stereocenters. The van der Waals surface area contributed by atoms with Gasteiger partial charge in [-0.1, -0.05) is 0 Å². The number of aryl methyl sites for hydroxylation is 1. The first-order valence-corrected chi connectivity index (χ1v) is 6.38. The second kappa shape index (κ2) is 4.17. The molecule has 1 heterocycles. The number of nitrogens with zero attached hydrogens (tertiary/aromatic N) is 3. The third-order valence-electron chi connectivity index (χ3n) is 3.92. The van der Waals surface area contributed by atoms with Gasteiger partial charge in [-0.2, -0.15) is 5.10 Å². The maximum Gasteiger partial charge on any atom is 0.140 e. The van der Waals surface area contributed by atoms with Crippen LogP contribution >= 0.6 is 0 Å². The van der Waals surface area contributed by atoms with Crippen LogP contribution in [0.25, 0.3) is 0 Å². The Morgan fingerprint density at radius 3 is 2.56 bits per heavy atom. The molecule has 0 atom stereocenters. The fraction of sp³-hybridized carbons (Fsp3) is 0.833. The van der Waals surface area contributed by atoms with E-state index >= 15 is 0 Å². The average Bonchev–Trinajstić information content (AvgIpc) is 3.15. The van der Waals surface area contributed by atoms with E-state index in [1.165, 1.54) is 32.2 Å². The van der Waals surface area contributed by atoms with Crippen LogP contribution in [0.5, 0.6) is 0 Å². The summed E-state index contributed by atoms with van der Waals surface area (Å²) >= 11 is 0. The molecule has 4 heteroatoms. The lowest BCUT2D eigenvalue weighted by atomic mass is 9.98. The topological polar surface area (TPSA) is 42.7 Å². The van der Waals surface area contributed by atoms with Gasteiger partial charge in [-0.25, -0.2) is 4.98 Å². The molecule has 0 radical (unpaired) electrons. The normalized spacial score (nSPS) is 20.6. The lowest BCUT2D eigenvalue weighted by Gasteiger charge is -2.15. The van der Waals surface area contributed by atoms with E-state index in [1.54, 1.807) is 6.33 Å². The molecular weight excluding hydrogens is 200 g/mol. The molecule has 2 aliphatic carbocycles. The van der Waals surface area contributed by atoms with Crippen molar-refractivity contribution in [3.05, 3.63) is 12.2 Å². The number of nitrogens with one attached hydrogen (secondary N) is 1. The van der Waals surface area contributed by atoms with Crippen molar-refractivity contribution in [2.45, 2.75) is 32.2 Å². The molecule has 2 fully saturated rings. The van der Waals surface area contributed by atoms with Gasteiger partial charge in [-0.3, -0.25) is 4.68 Å². The molecule has 0 aromatic carbocycles. The first-order valence-electron chi connectivity index (χ1n) is 6.38. The molecule has 1 aromatic heterocycles. The minimum absolute atomic E-state index is 0.854. The van der Waals surface area contributed by atoms with E-state index in [0.717, 1.165) is 30.1 Å². The molecule has 3 rings (SSSR count). The molecule has 1 aromatic rings. The van der Waals surface area contributed by atoms with Crippen molar-refractivity contribution < 1.29 is 0 Å². The molecule has 0 spiro atoms. The molecule has 16 heavy (non-hydrogen) atoms. The van der Waals surface area contributed by atoms with Crippen LogP contribution in [0.2, 0.25) is 0 Å². The Labute approximate surface area is 96.4 Å². The van der Waals surface area contributed by atoms with E-state index in [0.29, 0.717) is 0 Å². The molecule has 88 valence electrons. The van der Waals surface area contributed by atoms with Gasteiger partial charge in [0, 0.05) is 7.05 Å². The third kappa shape index (κ3) is 2.26. The van der Waals surface area contributed by atoms with E-state index in [1.807, 2.05) is 11.7 Å². The van der Waals surface area contributed by atoms with Gasteiger partial charge >= 0.3 is 0 Å². The van der Waals surface area contributed by atoms with Crippen LogP contribution in [0, 0.1) is 17.8 Å². The lowest BCUT2D eigenvalue weighted by molar-refractivity contribution is 0.375. The van der Waals surface area contributed by atoms with Crippen LogP contribution in [0.15, 0.2) is 6.33 Å². The van der Waals surface area contributed by atoms with Gasteiger partial charge < -0.3 is 5.32 Å². The molecule has 0 bridgehead atoms. The minimum Gasteiger partial charge on any atom is -0.310 e. The van der Waals surface area contributed by atoms with E-state index in [9.17, 15) is 0 Å². The van der Waals surface area contributed by atoms with Crippen molar-refractivity contribution in [3.8, 4) is 0 Å². The molecule has 2 saturated carbocycles. The summed E-state index contributed by atoms with van der Waals surface area (Å²) in [6.45, 7) is 2.02. The highest BCUT2D eigenvalue weighted by Crippen LogP contribution is 2.48. The largest absolute Gasteiger partial charge is 0.310 e. The fourth-order valence-corrected chi connectivity index (χ4v) is 2.60. The Morgan fingerprint density at radius 1 is 1.38 bits per heavy atom. The van der Waals surface area contributed by atoms with Gasteiger partial charge in [0.05, 0.1) is 6.54 Å². The Morgan fingerprint density at radius 2 is 2.06 bits per heavy atom. The molecule has 1 N–H and O–H groups in total. The summed E-state index contributed by atoms with van der Waals surface area (Å²) in [5.41, 5.74) is 0. The smallest absolute Gasteiger partial charge is 0.140 e. The summed E-state index contributed by atoms with van der Waals surface area (Å²) in [6, 6.07) is 0. The summed E-state index contributed by atoms with van der Waals surface area (Å²) in [7, 11) is 1.95. The zero-order valence-corrected chi connectivity index (χ0v) is 9.89. The monoisotopic (exact) mass is 220 g/mol. The van der Waals surface area contributed by atoms with Crippen LogP contribution in [-0.2, 0) is 13.6 Å². The van der Waals surface area contributed by atoms with Crippen molar-refractivity contribution in [2.24, 2.45) is 24.8 Å². The third-order valence-corrected chi connectivity index (χ3v) is 3.92. The van der Waals surface area contributed by atoms with Crippen LogP contribution in [-0.4, -0.2) is 21.3 Å². The van der Waals surface area contributed by atoms with Crippen molar-refractivity contribution in [1.29, 1.82) is 0 Å². The van der Waals surface area contributed by atoms with Crippen molar-refractivity contribution in [1.82, 2.24) is 20.1 Å². The van der Waals surface area contributed by atoms with Crippen LogP contribution < -0.4 is 5.32 Å². The SMILES string of the molecule is Cn1ncnc1CNCC(C1CC1)C1CC1. The zero-order chi connectivity index (χ0) is 11.0. The van der Waals surface area contributed by atoms with Gasteiger partial charge in [-0.05, 0) is 50.0 Å². The Kier molecular flexibility index (Phi) is 2.67. The Bertz CT molecular complexity index is 340. The fourth-order valence-electron chi connectivity index (χ4n) is 2.60. The van der Waals surface area contributed by atoms with Gasteiger partial charge in [0.15, 0.2) is 0 Å². The number of aromatic nitrogens is 3. The van der Waals surface area contributed by atoms with Crippen molar-refractivity contribution in [3.63, 3.8) is 0 Å². The van der Waals surface area contributed by atoms with Crippen LogP contribution in [0.1, 0.15) is 31.5 Å². The molecule has 4 nitrogen and oxygen atoms in total. The first-order chi connectivity index (χ1) is 7.84. The van der Waals surface area contributed by atoms with Crippen molar-refractivity contribution >= 4 is 0 Å². The summed E-state index contributed by atoms with van der Waals surface area (Å²) in [6.07, 6.45) is 7.48. The Hall–Kier alpha value is -0.900. The first kappa shape index (κ1) is 10.3. The number of rotatable bonds is 6. The molecule has 0 saturated heterocycles. The summed E-state index contributed by atoms with van der Waals surface area (Å²) in [5, 5.41) is 7.62. The summed E-state index contributed by atoms with van der Waals surface area (Å²) < 4.78 is 1.84. The van der Waals surface area contributed by atoms with Gasteiger partial charge in [0.1, 0.15) is 12.2 Å². The molecule has 0 aliphatic heterocycles. The zero-order valence-electron chi connectivity index (χ0n) is 9.89. The second-order valence-electron chi connectivity index (χ2n) is 5.27. The Balaban J connectivity index is 1.46. The maximum absolute atomic E-state index is 4.22. The quantitative estimate of drug-likeness (QED) is 0.786. The molecule has 2 aliphatic rings. The van der Waals surface area contributed by atoms with Gasteiger partial charge in [0.2, 0.25) is 0 Å². The van der Waals surface area contributed by atoms with Gasteiger partial charge in [0.25, 0.3) is 0 Å². The van der Waals surface area contributed by atoms with E-state index in [-0.39, 0.29) is 0 Å². The summed E-state index contributed by atoms with van der Waals surface area (Å²) in [5.74, 6) is 4.03. The lowest BCUT2D eigenvalue weighted by Crippen LogP contribution is -2.26. The van der Waals surface area contributed by atoms with Crippen LogP contribution in [0.3, 0.4) is 0 Å². The standard InChI is InChI=1S/C12H20N4/c1-16-12(14-8-15-16)7-13-6-11(9-2-3-9)10-4-5-10/h8-11,13H,2-7H2,1H3. The van der Waals surface area contributed by atoms with E-state index < -0.39 is 0 Å². The van der Waals surface area contributed by atoms with Crippen LogP contribution in [0.4, 0.5) is 0 Å². The minimum atomic E-state index is 0.854. The number of hydrogen-bond acceptors (Lipinski definition) is 3. The highest BCUT2D eigenvalue weighted by atomic mass is 15.3. The average molecular weight is 220 g/mol. The maximum atomic E-state index is 4.22. The van der Waals surface area contributed by atoms with E-state index in [2.05, 4.69) is 15.4 Å². The number of hydrogen-bond donors (Lipinski definition) is 1. The van der Waals surface area contributed by atoms with E-state index in [4.69, 9.17) is 0 Å². The van der Waals surface area contributed by atoms with Gasteiger partial charge in [-0.15, -0.1) is 0 Å².